The van der Waals surface area contributed by atoms with Gasteiger partial charge in [-0.1, -0.05) is 18.2 Å². The first-order valence-electron chi connectivity index (χ1n) is 11.0. The second kappa shape index (κ2) is 10.9. The Bertz CT molecular complexity index is 1430. The van der Waals surface area contributed by atoms with Crippen molar-refractivity contribution in [3.8, 4) is 11.3 Å². The zero-order valence-corrected chi connectivity index (χ0v) is 20.9. The number of sulfonamides is 1. The lowest BCUT2D eigenvalue weighted by atomic mass is 9.98. The van der Waals surface area contributed by atoms with Crippen LogP contribution in [0.4, 0.5) is 22.0 Å². The summed E-state index contributed by atoms with van der Waals surface area (Å²) < 4.78 is 92.6. The predicted octanol–water partition coefficient (Wildman–Crippen LogP) is 4.82. The van der Waals surface area contributed by atoms with E-state index in [0.29, 0.717) is 5.56 Å². The van der Waals surface area contributed by atoms with Crippen LogP contribution in [-0.4, -0.2) is 25.6 Å². The lowest BCUT2D eigenvalue weighted by molar-refractivity contribution is -0.141. The molecule has 1 heterocycles. The molecule has 1 amide bonds. The molecule has 198 valence electrons. The zero-order valence-electron chi connectivity index (χ0n) is 20.1. The number of halogens is 5. The normalized spacial score (nSPS) is 12.9. The van der Waals surface area contributed by atoms with E-state index in [0.717, 1.165) is 24.5 Å². The summed E-state index contributed by atoms with van der Waals surface area (Å²) in [6.45, 7) is 2.56. The van der Waals surface area contributed by atoms with Gasteiger partial charge in [-0.3, -0.25) is 4.79 Å². The van der Waals surface area contributed by atoms with E-state index < -0.39 is 45.4 Å². The van der Waals surface area contributed by atoms with Gasteiger partial charge in [0, 0.05) is 24.2 Å². The highest BCUT2D eigenvalue weighted by atomic mass is 32.2. The Labute approximate surface area is 211 Å². The summed E-state index contributed by atoms with van der Waals surface area (Å²) in [5.74, 6) is -2.58. The van der Waals surface area contributed by atoms with Gasteiger partial charge in [0.1, 0.15) is 17.3 Å². The lowest BCUT2D eigenvalue weighted by Gasteiger charge is -2.17. The van der Waals surface area contributed by atoms with Crippen LogP contribution in [-0.2, 0) is 34.1 Å². The third kappa shape index (κ3) is 7.32. The summed E-state index contributed by atoms with van der Waals surface area (Å²) in [5.41, 5.74) is -0.0310. The number of carbonyl (C=O) groups excluding carboxylic acids is 1. The molecule has 6 nitrogen and oxygen atoms in total. The molecule has 12 heteroatoms. The first kappa shape index (κ1) is 28.2. The van der Waals surface area contributed by atoms with Crippen molar-refractivity contribution < 1.29 is 35.2 Å². The molecule has 1 aromatic heterocycles. The Morgan fingerprint density at radius 1 is 0.973 bits per heavy atom. The Kier molecular flexibility index (Phi) is 8.33. The van der Waals surface area contributed by atoms with Crippen molar-refractivity contribution in [3.05, 3.63) is 88.1 Å². The van der Waals surface area contributed by atoms with E-state index in [1.165, 1.54) is 44.2 Å². The van der Waals surface area contributed by atoms with Crippen molar-refractivity contribution in [2.45, 2.75) is 39.0 Å². The van der Waals surface area contributed by atoms with Gasteiger partial charge in [-0.05, 0) is 60.9 Å². The molecule has 3 rings (SSSR count). The molecule has 0 aliphatic rings. The minimum Gasteiger partial charge on any atom is -0.351 e. The molecule has 2 N–H and O–H groups in total. The maximum Gasteiger partial charge on any atom is 0.433 e. The molecule has 0 saturated heterocycles. The number of pyridine rings is 1. The van der Waals surface area contributed by atoms with E-state index in [1.807, 2.05) is 0 Å². The number of rotatable bonds is 8. The number of nitrogens with one attached hydrogen (secondary N) is 2. The van der Waals surface area contributed by atoms with Crippen molar-refractivity contribution in [2.24, 2.45) is 0 Å². The number of hydrogen-bond acceptors (Lipinski definition) is 4. The van der Waals surface area contributed by atoms with E-state index in [1.54, 1.807) is 0 Å². The number of carbonyl (C=O) groups is 1. The molecular weight excluding hydrogens is 517 g/mol. The number of hydrogen-bond donors (Lipinski definition) is 2. The highest BCUT2D eigenvalue weighted by molar-refractivity contribution is 7.88. The minimum absolute atomic E-state index is 0.0559. The number of nitrogens with zero attached hydrogens (tertiary/aromatic N) is 1. The van der Waals surface area contributed by atoms with Crippen LogP contribution >= 0.6 is 0 Å². The quantitative estimate of drug-likeness (QED) is 0.400. The van der Waals surface area contributed by atoms with Crippen LogP contribution in [0.25, 0.3) is 11.3 Å². The van der Waals surface area contributed by atoms with E-state index in [9.17, 15) is 35.2 Å². The van der Waals surface area contributed by atoms with E-state index in [-0.39, 0.29) is 41.0 Å². The topological polar surface area (TPSA) is 88.2 Å². The third-order valence-corrected chi connectivity index (χ3v) is 6.32. The smallest absolute Gasteiger partial charge is 0.351 e. The molecule has 0 aliphatic heterocycles. The maximum absolute atomic E-state index is 14.4. The molecule has 0 bridgehead atoms. The van der Waals surface area contributed by atoms with Gasteiger partial charge in [-0.15, -0.1) is 0 Å². The Morgan fingerprint density at radius 3 is 2.24 bits per heavy atom. The fraction of sp³-hybridized carbons (Fsp3) is 0.280. The van der Waals surface area contributed by atoms with Crippen molar-refractivity contribution in [1.29, 1.82) is 0 Å². The Hall–Kier alpha value is -3.38. The number of aryl methyl sites for hydroxylation is 1. The molecule has 0 spiro atoms. The molecule has 0 fully saturated rings. The second-order valence-electron chi connectivity index (χ2n) is 8.55. The summed E-state index contributed by atoms with van der Waals surface area (Å²) in [4.78, 5) is 16.5. The van der Waals surface area contributed by atoms with Crippen LogP contribution in [0.5, 0.6) is 0 Å². The maximum atomic E-state index is 14.4. The van der Waals surface area contributed by atoms with E-state index in [2.05, 4.69) is 15.0 Å². The fourth-order valence-corrected chi connectivity index (χ4v) is 3.92. The van der Waals surface area contributed by atoms with Crippen LogP contribution in [0.15, 0.2) is 48.5 Å². The standard InChI is InChI=1S/C25H24F5N3O3S/c1-14-10-17(6-8-20(14)26)23-19(7-9-22(33-23)25(28,29)30)12-31-24(34)15(2)16-4-5-18(21(27)11-16)13-32-37(3,35)36/h4-11,15,32H,12-13H2,1-3H3,(H,31,34). The average molecular weight is 542 g/mol. The highest BCUT2D eigenvalue weighted by Crippen LogP contribution is 2.32. The Balaban J connectivity index is 1.81. The zero-order chi connectivity index (χ0) is 27.5. The number of benzene rings is 2. The number of amides is 1. The fourth-order valence-electron chi connectivity index (χ4n) is 3.50. The van der Waals surface area contributed by atoms with E-state index in [4.69, 9.17) is 0 Å². The highest BCUT2D eigenvalue weighted by Gasteiger charge is 2.33. The number of aromatic nitrogens is 1. The molecule has 2 aromatic carbocycles. The first-order chi connectivity index (χ1) is 17.2. The van der Waals surface area contributed by atoms with Crippen molar-refractivity contribution in [1.82, 2.24) is 15.0 Å². The van der Waals surface area contributed by atoms with Crippen LogP contribution in [0, 0.1) is 18.6 Å². The largest absolute Gasteiger partial charge is 0.433 e. The second-order valence-corrected chi connectivity index (χ2v) is 10.4. The summed E-state index contributed by atoms with van der Waals surface area (Å²) in [7, 11) is -3.52. The van der Waals surface area contributed by atoms with Gasteiger partial charge in [0.05, 0.1) is 17.9 Å². The predicted molar refractivity (Wildman–Crippen MR) is 128 cm³/mol. The van der Waals surface area contributed by atoms with Crippen molar-refractivity contribution in [2.75, 3.05) is 6.26 Å². The molecule has 3 aromatic rings. The monoisotopic (exact) mass is 541 g/mol. The summed E-state index contributed by atoms with van der Waals surface area (Å²) in [6.07, 6.45) is -3.76. The minimum atomic E-state index is -4.70. The van der Waals surface area contributed by atoms with Gasteiger partial charge in [-0.25, -0.2) is 26.9 Å². The lowest BCUT2D eigenvalue weighted by Crippen LogP contribution is -2.28. The van der Waals surface area contributed by atoms with Crippen molar-refractivity contribution >= 4 is 15.9 Å². The van der Waals surface area contributed by atoms with Crippen LogP contribution < -0.4 is 10.0 Å². The summed E-state index contributed by atoms with van der Waals surface area (Å²) >= 11 is 0. The summed E-state index contributed by atoms with van der Waals surface area (Å²) in [5, 5.41) is 2.62. The molecule has 0 saturated carbocycles. The Morgan fingerprint density at radius 2 is 1.65 bits per heavy atom. The molecular formula is C25H24F5N3O3S. The van der Waals surface area contributed by atoms with Gasteiger partial charge in [0.25, 0.3) is 0 Å². The first-order valence-corrected chi connectivity index (χ1v) is 12.9. The van der Waals surface area contributed by atoms with Crippen LogP contribution in [0.2, 0.25) is 0 Å². The van der Waals surface area contributed by atoms with Gasteiger partial charge in [-0.2, -0.15) is 13.2 Å². The molecule has 0 aliphatic carbocycles. The number of alkyl halides is 3. The summed E-state index contributed by atoms with van der Waals surface area (Å²) in [6, 6.07) is 9.76. The van der Waals surface area contributed by atoms with Gasteiger partial charge >= 0.3 is 6.18 Å². The third-order valence-electron chi connectivity index (χ3n) is 5.65. The SMILES string of the molecule is Cc1cc(-c2nc(C(F)(F)F)ccc2CNC(=O)C(C)c2ccc(CNS(C)(=O)=O)c(F)c2)ccc1F. The average Bonchev–Trinajstić information content (AvgIpc) is 2.81. The molecule has 0 radical (unpaired) electrons. The molecule has 37 heavy (non-hydrogen) atoms. The van der Waals surface area contributed by atoms with Crippen molar-refractivity contribution in [3.63, 3.8) is 0 Å². The van der Waals surface area contributed by atoms with Gasteiger partial charge < -0.3 is 5.32 Å². The molecule has 1 atom stereocenters. The van der Waals surface area contributed by atoms with Gasteiger partial charge in [0.15, 0.2) is 0 Å². The van der Waals surface area contributed by atoms with Crippen LogP contribution in [0.3, 0.4) is 0 Å². The van der Waals surface area contributed by atoms with Crippen LogP contribution in [0.1, 0.15) is 40.8 Å². The van der Waals surface area contributed by atoms with E-state index >= 15 is 0 Å². The van der Waals surface area contributed by atoms with Gasteiger partial charge in [0.2, 0.25) is 15.9 Å². The molecule has 1 unspecified atom stereocenters.